The van der Waals surface area contributed by atoms with Crippen LogP contribution in [0.5, 0.6) is 0 Å². The van der Waals surface area contributed by atoms with Gasteiger partial charge in [0.05, 0.1) is 6.04 Å². The van der Waals surface area contributed by atoms with Gasteiger partial charge in [-0.2, -0.15) is 0 Å². The van der Waals surface area contributed by atoms with Crippen LogP contribution < -0.4 is 10.6 Å². The van der Waals surface area contributed by atoms with Crippen molar-refractivity contribution in [2.75, 3.05) is 32.1 Å². The highest BCUT2D eigenvalue weighted by molar-refractivity contribution is 5.77. The van der Waals surface area contributed by atoms with E-state index in [-0.39, 0.29) is 11.9 Å². The maximum absolute atomic E-state index is 12.1. The highest BCUT2D eigenvalue weighted by Gasteiger charge is 2.29. The molecule has 1 fully saturated rings. The molecule has 1 heterocycles. The van der Waals surface area contributed by atoms with Crippen LogP contribution in [0.1, 0.15) is 30.9 Å². The summed E-state index contributed by atoms with van der Waals surface area (Å²) in [6.45, 7) is 1.29. The molecule has 2 rings (SSSR count). The summed E-state index contributed by atoms with van der Waals surface area (Å²) in [5.41, 5.74) is 7.90. The normalized spacial score (nSPS) is 18.7. The zero-order chi connectivity index (χ0) is 13.8. The van der Waals surface area contributed by atoms with E-state index in [1.165, 1.54) is 11.3 Å². The first-order valence-corrected chi connectivity index (χ1v) is 6.90. The molecule has 104 valence electrons. The maximum Gasteiger partial charge on any atom is 0.224 e. The molecule has 0 saturated carbocycles. The zero-order valence-corrected chi connectivity index (χ0v) is 11.8. The van der Waals surface area contributed by atoms with E-state index in [9.17, 15) is 4.79 Å². The Hall–Kier alpha value is -1.55. The predicted octanol–water partition coefficient (Wildman–Crippen LogP) is 1.76. The van der Waals surface area contributed by atoms with Crippen molar-refractivity contribution in [3.05, 3.63) is 29.8 Å². The molecule has 4 heteroatoms. The second kappa shape index (κ2) is 6.06. The van der Waals surface area contributed by atoms with Crippen molar-refractivity contribution in [2.45, 2.75) is 25.3 Å². The molecule has 1 aromatic rings. The lowest BCUT2D eigenvalue weighted by Gasteiger charge is -2.26. The molecule has 0 radical (unpaired) electrons. The Labute approximate surface area is 115 Å². The van der Waals surface area contributed by atoms with E-state index in [2.05, 4.69) is 29.2 Å². The Bertz CT molecular complexity index is 445. The molecule has 1 atom stereocenters. The van der Waals surface area contributed by atoms with Gasteiger partial charge in [0.15, 0.2) is 0 Å². The molecule has 0 spiro atoms. The van der Waals surface area contributed by atoms with Gasteiger partial charge in [-0.25, -0.2) is 0 Å². The molecule has 1 aliphatic rings. The van der Waals surface area contributed by atoms with E-state index < -0.39 is 0 Å². The van der Waals surface area contributed by atoms with Gasteiger partial charge in [0.2, 0.25) is 5.91 Å². The van der Waals surface area contributed by atoms with Crippen molar-refractivity contribution < 1.29 is 4.79 Å². The van der Waals surface area contributed by atoms with Crippen LogP contribution in [0.3, 0.4) is 0 Å². The van der Waals surface area contributed by atoms with Crippen LogP contribution in [0.2, 0.25) is 0 Å². The van der Waals surface area contributed by atoms with Gasteiger partial charge in [0, 0.05) is 39.3 Å². The van der Waals surface area contributed by atoms with Gasteiger partial charge in [-0.1, -0.05) is 12.1 Å². The lowest BCUT2D eigenvalue weighted by Crippen LogP contribution is -2.31. The van der Waals surface area contributed by atoms with Gasteiger partial charge in [-0.05, 0) is 30.5 Å². The fourth-order valence-corrected chi connectivity index (χ4v) is 2.69. The number of likely N-dealkylation sites (tertiary alicyclic amines) is 1. The number of hydrogen-bond donors (Lipinski definition) is 1. The molecule has 1 aliphatic heterocycles. The summed E-state index contributed by atoms with van der Waals surface area (Å²) in [4.78, 5) is 16.2. The highest BCUT2D eigenvalue weighted by atomic mass is 16.2. The lowest BCUT2D eigenvalue weighted by molar-refractivity contribution is -0.131. The number of carbonyl (C=O) groups excluding carboxylic acids is 1. The molecule has 2 N–H and O–H groups in total. The number of amides is 1. The Balaban J connectivity index is 2.20. The molecule has 1 saturated heterocycles. The fourth-order valence-electron chi connectivity index (χ4n) is 2.69. The Morgan fingerprint density at radius 3 is 2.95 bits per heavy atom. The quantitative estimate of drug-likeness (QED) is 0.898. The van der Waals surface area contributed by atoms with Crippen molar-refractivity contribution in [1.82, 2.24) is 4.90 Å². The van der Waals surface area contributed by atoms with Crippen LogP contribution in [-0.2, 0) is 4.79 Å². The van der Waals surface area contributed by atoms with Gasteiger partial charge >= 0.3 is 0 Å². The number of nitrogens with two attached hydrogens (primary N) is 1. The molecule has 0 aromatic heterocycles. The summed E-state index contributed by atoms with van der Waals surface area (Å²) in [7, 11) is 4.07. The van der Waals surface area contributed by atoms with E-state index in [1.54, 1.807) is 0 Å². The monoisotopic (exact) mass is 261 g/mol. The highest BCUT2D eigenvalue weighted by Crippen LogP contribution is 2.33. The number of benzene rings is 1. The van der Waals surface area contributed by atoms with E-state index in [4.69, 9.17) is 5.73 Å². The van der Waals surface area contributed by atoms with Crippen LogP contribution >= 0.6 is 0 Å². The largest absolute Gasteiger partial charge is 0.378 e. The molecule has 1 aromatic carbocycles. The lowest BCUT2D eigenvalue weighted by atomic mass is 10.0. The second-order valence-electron chi connectivity index (χ2n) is 5.27. The smallest absolute Gasteiger partial charge is 0.224 e. The van der Waals surface area contributed by atoms with E-state index in [0.717, 1.165) is 19.4 Å². The van der Waals surface area contributed by atoms with Gasteiger partial charge < -0.3 is 15.5 Å². The third-order valence-electron chi connectivity index (χ3n) is 3.70. The minimum absolute atomic E-state index is 0.181. The average molecular weight is 261 g/mol. The summed E-state index contributed by atoms with van der Waals surface area (Å²) < 4.78 is 0. The molecule has 1 amide bonds. The van der Waals surface area contributed by atoms with Crippen LogP contribution in [0.15, 0.2) is 24.3 Å². The maximum atomic E-state index is 12.1. The average Bonchev–Trinajstić information content (AvgIpc) is 2.88. The van der Waals surface area contributed by atoms with Gasteiger partial charge in [0.25, 0.3) is 0 Å². The first kappa shape index (κ1) is 13.9. The van der Waals surface area contributed by atoms with Crippen LogP contribution in [-0.4, -0.2) is 38.0 Å². The van der Waals surface area contributed by atoms with Crippen LogP contribution in [0.25, 0.3) is 0 Å². The number of hydrogen-bond acceptors (Lipinski definition) is 3. The predicted molar refractivity (Wildman–Crippen MR) is 78.1 cm³/mol. The molecular weight excluding hydrogens is 238 g/mol. The number of rotatable bonds is 4. The summed E-state index contributed by atoms with van der Waals surface area (Å²) in [6, 6.07) is 8.67. The van der Waals surface area contributed by atoms with Crippen LogP contribution in [0.4, 0.5) is 5.69 Å². The standard InChI is InChI=1S/C15H23N3O/c1-17(2)13-6-3-5-12(11-13)14-7-4-10-18(14)15(19)8-9-16/h3,5-6,11,14H,4,7-10,16H2,1-2H3. The first-order chi connectivity index (χ1) is 9.13. The van der Waals surface area contributed by atoms with Crippen molar-refractivity contribution in [1.29, 1.82) is 0 Å². The summed E-state index contributed by atoms with van der Waals surface area (Å²) in [6.07, 6.45) is 2.57. The van der Waals surface area contributed by atoms with Crippen LogP contribution in [0, 0.1) is 0 Å². The molecule has 0 bridgehead atoms. The second-order valence-corrected chi connectivity index (χ2v) is 5.27. The molecule has 19 heavy (non-hydrogen) atoms. The van der Waals surface area contributed by atoms with Gasteiger partial charge in [-0.15, -0.1) is 0 Å². The Morgan fingerprint density at radius 1 is 1.47 bits per heavy atom. The zero-order valence-electron chi connectivity index (χ0n) is 11.8. The van der Waals surface area contributed by atoms with Gasteiger partial charge in [0.1, 0.15) is 0 Å². The van der Waals surface area contributed by atoms with Crippen molar-refractivity contribution in [3.63, 3.8) is 0 Å². The molecule has 0 aliphatic carbocycles. The van der Waals surface area contributed by atoms with Crippen molar-refractivity contribution in [3.8, 4) is 0 Å². The van der Waals surface area contributed by atoms with E-state index >= 15 is 0 Å². The van der Waals surface area contributed by atoms with Crippen molar-refractivity contribution >= 4 is 11.6 Å². The molecule has 1 unspecified atom stereocenters. The Kier molecular flexibility index (Phi) is 4.43. The SMILES string of the molecule is CN(C)c1cccc(C2CCCN2C(=O)CCN)c1. The molecule has 4 nitrogen and oxygen atoms in total. The third-order valence-corrected chi connectivity index (χ3v) is 3.70. The number of carbonyl (C=O) groups is 1. The van der Waals surface area contributed by atoms with E-state index in [0.29, 0.717) is 13.0 Å². The third kappa shape index (κ3) is 3.07. The fraction of sp³-hybridized carbons (Fsp3) is 0.533. The molecular formula is C15H23N3O. The number of anilines is 1. The first-order valence-electron chi connectivity index (χ1n) is 6.90. The minimum atomic E-state index is 0.181. The summed E-state index contributed by atoms with van der Waals surface area (Å²) in [5, 5.41) is 0. The number of nitrogens with zero attached hydrogens (tertiary/aromatic N) is 2. The van der Waals surface area contributed by atoms with Crippen molar-refractivity contribution in [2.24, 2.45) is 5.73 Å². The van der Waals surface area contributed by atoms with E-state index in [1.807, 2.05) is 19.0 Å². The minimum Gasteiger partial charge on any atom is -0.378 e. The Morgan fingerprint density at radius 2 is 2.26 bits per heavy atom. The topological polar surface area (TPSA) is 49.6 Å². The summed E-state index contributed by atoms with van der Waals surface area (Å²) in [5.74, 6) is 0.181. The van der Waals surface area contributed by atoms with Gasteiger partial charge in [-0.3, -0.25) is 4.79 Å². The summed E-state index contributed by atoms with van der Waals surface area (Å²) >= 11 is 0.